The van der Waals surface area contributed by atoms with Gasteiger partial charge in [0.2, 0.25) is 0 Å². The zero-order chi connectivity index (χ0) is 16.2. The van der Waals surface area contributed by atoms with Crippen molar-refractivity contribution in [3.63, 3.8) is 0 Å². The number of piperidine rings is 1. The molecule has 1 fully saturated rings. The topological polar surface area (TPSA) is 38.1 Å². The van der Waals surface area contributed by atoms with Crippen LogP contribution in [0.5, 0.6) is 0 Å². The van der Waals surface area contributed by atoms with Gasteiger partial charge in [0.15, 0.2) is 0 Å². The van der Waals surface area contributed by atoms with Crippen molar-refractivity contribution in [2.45, 2.75) is 39.7 Å². The summed E-state index contributed by atoms with van der Waals surface area (Å²) in [6.45, 7) is 8.27. The Hall–Kier alpha value is -1.94. The van der Waals surface area contributed by atoms with Crippen molar-refractivity contribution in [3.8, 4) is 11.1 Å². The van der Waals surface area contributed by atoms with E-state index in [0.29, 0.717) is 0 Å². The van der Waals surface area contributed by atoms with Gasteiger partial charge in [-0.05, 0) is 45.3 Å². The number of likely N-dealkylation sites (tertiary alicyclic amines) is 1. The van der Waals surface area contributed by atoms with Crippen LogP contribution in [0.15, 0.2) is 35.1 Å². The van der Waals surface area contributed by atoms with Crippen LogP contribution >= 0.6 is 0 Å². The number of aryl methyl sites for hydroxylation is 1. The predicted molar refractivity (Wildman–Crippen MR) is 93.7 cm³/mol. The van der Waals surface area contributed by atoms with Gasteiger partial charge in [-0.2, -0.15) is 4.98 Å². The molecule has 1 aliphatic rings. The minimum absolute atomic E-state index is 0.125. The summed E-state index contributed by atoms with van der Waals surface area (Å²) in [5.41, 5.74) is 2.58. The van der Waals surface area contributed by atoms with Crippen LogP contribution in [-0.2, 0) is 6.54 Å². The van der Waals surface area contributed by atoms with Gasteiger partial charge in [0.1, 0.15) is 5.82 Å². The average molecular weight is 311 g/mol. The molecule has 3 rings (SSSR count). The van der Waals surface area contributed by atoms with Crippen molar-refractivity contribution in [1.29, 1.82) is 0 Å². The molecular formula is C19H25N3O. The maximum absolute atomic E-state index is 12.4. The lowest BCUT2D eigenvalue weighted by Gasteiger charge is -2.27. The Morgan fingerprint density at radius 2 is 1.70 bits per heavy atom. The number of aromatic nitrogens is 2. The third-order valence-corrected chi connectivity index (χ3v) is 4.79. The van der Waals surface area contributed by atoms with Crippen LogP contribution in [0.25, 0.3) is 11.1 Å². The molecule has 0 N–H and O–H groups in total. The number of nitrogens with zero attached hydrogens (tertiary/aromatic N) is 3. The summed E-state index contributed by atoms with van der Waals surface area (Å²) < 4.78 is 2.19. The smallest absolute Gasteiger partial charge is 0.281 e. The molecule has 0 aliphatic carbocycles. The van der Waals surface area contributed by atoms with Crippen LogP contribution < -0.4 is 5.56 Å². The predicted octanol–water partition coefficient (Wildman–Crippen LogP) is 3.01. The van der Waals surface area contributed by atoms with Gasteiger partial charge in [0.05, 0.1) is 5.56 Å². The van der Waals surface area contributed by atoms with Crippen molar-refractivity contribution < 1.29 is 0 Å². The fraction of sp³-hybridized carbons (Fsp3) is 0.474. The molecule has 0 atom stereocenters. The summed E-state index contributed by atoms with van der Waals surface area (Å²) in [6.07, 6.45) is 3.96. The third kappa shape index (κ3) is 3.53. The lowest BCUT2D eigenvalue weighted by molar-refractivity contribution is 0.219. The largest absolute Gasteiger partial charge is 0.332 e. The first-order valence-electron chi connectivity index (χ1n) is 8.52. The first-order chi connectivity index (χ1) is 11.2. The second-order valence-corrected chi connectivity index (χ2v) is 6.34. The van der Waals surface area contributed by atoms with Gasteiger partial charge in [-0.25, -0.2) is 0 Å². The summed E-state index contributed by atoms with van der Waals surface area (Å²) in [4.78, 5) is 19.2. The summed E-state index contributed by atoms with van der Waals surface area (Å²) in [6, 6.07) is 9.86. The highest BCUT2D eigenvalue weighted by molar-refractivity contribution is 5.64. The maximum Gasteiger partial charge on any atom is 0.281 e. The summed E-state index contributed by atoms with van der Waals surface area (Å²) >= 11 is 0. The Kier molecular flexibility index (Phi) is 4.91. The molecule has 122 valence electrons. The third-order valence-electron chi connectivity index (χ3n) is 4.79. The van der Waals surface area contributed by atoms with Crippen LogP contribution in [0, 0.1) is 13.8 Å². The average Bonchev–Trinajstić information content (AvgIpc) is 2.56. The van der Waals surface area contributed by atoms with Crippen molar-refractivity contribution in [2.24, 2.45) is 0 Å². The Morgan fingerprint density at radius 3 is 2.39 bits per heavy atom. The van der Waals surface area contributed by atoms with E-state index in [9.17, 15) is 4.79 Å². The van der Waals surface area contributed by atoms with E-state index in [0.717, 1.165) is 35.7 Å². The minimum atomic E-state index is -0.125. The highest BCUT2D eigenvalue weighted by Gasteiger charge is 2.15. The van der Waals surface area contributed by atoms with Gasteiger partial charge in [0, 0.05) is 18.8 Å². The molecule has 0 unspecified atom stereocenters. The van der Waals surface area contributed by atoms with Crippen LogP contribution in [0.2, 0.25) is 0 Å². The van der Waals surface area contributed by atoms with Crippen molar-refractivity contribution in [1.82, 2.24) is 14.5 Å². The quantitative estimate of drug-likeness (QED) is 0.871. The van der Waals surface area contributed by atoms with Crippen molar-refractivity contribution in [3.05, 3.63) is 52.2 Å². The van der Waals surface area contributed by atoms with Gasteiger partial charge in [-0.3, -0.25) is 4.79 Å². The fourth-order valence-electron chi connectivity index (χ4n) is 3.49. The standard InChI is InChI=1S/C19H25N3O/c1-15-18(17-9-5-3-6-10-17)19(23)20-16(2)22(15)14-13-21-11-7-4-8-12-21/h3,5-6,9-10H,4,7-8,11-14H2,1-2H3. The van der Waals surface area contributed by atoms with Crippen molar-refractivity contribution in [2.75, 3.05) is 19.6 Å². The van der Waals surface area contributed by atoms with E-state index < -0.39 is 0 Å². The summed E-state index contributed by atoms with van der Waals surface area (Å²) in [7, 11) is 0. The summed E-state index contributed by atoms with van der Waals surface area (Å²) in [5, 5.41) is 0. The number of rotatable bonds is 4. The van der Waals surface area contributed by atoms with E-state index in [1.807, 2.05) is 44.2 Å². The second kappa shape index (κ2) is 7.09. The lowest BCUT2D eigenvalue weighted by Crippen LogP contribution is -2.34. The maximum atomic E-state index is 12.4. The van der Waals surface area contributed by atoms with Gasteiger partial charge >= 0.3 is 0 Å². The number of benzene rings is 1. The van der Waals surface area contributed by atoms with Crippen molar-refractivity contribution >= 4 is 0 Å². The molecule has 4 heteroatoms. The summed E-state index contributed by atoms with van der Waals surface area (Å²) in [5.74, 6) is 0.809. The Balaban J connectivity index is 1.89. The van der Waals surface area contributed by atoms with Gasteiger partial charge in [0.25, 0.3) is 5.56 Å². The van der Waals surface area contributed by atoms with Gasteiger partial charge < -0.3 is 9.47 Å². The van der Waals surface area contributed by atoms with E-state index >= 15 is 0 Å². The fourth-order valence-corrected chi connectivity index (χ4v) is 3.49. The van der Waals surface area contributed by atoms with E-state index in [-0.39, 0.29) is 5.56 Å². The number of hydrogen-bond donors (Lipinski definition) is 0. The SMILES string of the molecule is Cc1nc(=O)c(-c2ccccc2)c(C)n1CCN1CCCCC1. The molecule has 1 aromatic carbocycles. The molecule has 0 radical (unpaired) electrons. The van der Waals surface area contributed by atoms with Crippen LogP contribution in [0.3, 0.4) is 0 Å². The normalized spacial score (nSPS) is 15.7. The Morgan fingerprint density at radius 1 is 1.00 bits per heavy atom. The highest BCUT2D eigenvalue weighted by atomic mass is 16.1. The highest BCUT2D eigenvalue weighted by Crippen LogP contribution is 2.19. The van der Waals surface area contributed by atoms with Gasteiger partial charge in [-0.15, -0.1) is 0 Å². The molecule has 1 saturated heterocycles. The number of hydrogen-bond acceptors (Lipinski definition) is 3. The Labute approximate surface area is 137 Å². The van der Waals surface area contributed by atoms with E-state index in [1.165, 1.54) is 32.4 Å². The molecule has 1 aliphatic heterocycles. The van der Waals surface area contributed by atoms with Gasteiger partial charge in [-0.1, -0.05) is 36.8 Å². The lowest BCUT2D eigenvalue weighted by atomic mass is 10.1. The molecule has 2 aromatic rings. The van der Waals surface area contributed by atoms with Crippen LogP contribution in [0.1, 0.15) is 30.8 Å². The van der Waals surface area contributed by atoms with E-state index in [1.54, 1.807) is 0 Å². The molecule has 0 amide bonds. The molecule has 23 heavy (non-hydrogen) atoms. The molecular weight excluding hydrogens is 286 g/mol. The van der Waals surface area contributed by atoms with E-state index in [2.05, 4.69) is 14.5 Å². The van der Waals surface area contributed by atoms with E-state index in [4.69, 9.17) is 0 Å². The zero-order valence-electron chi connectivity index (χ0n) is 14.1. The van der Waals surface area contributed by atoms with Crippen LogP contribution in [0.4, 0.5) is 0 Å². The molecule has 0 bridgehead atoms. The second-order valence-electron chi connectivity index (χ2n) is 6.34. The molecule has 0 spiro atoms. The Bertz CT molecular complexity index is 715. The molecule has 1 aromatic heterocycles. The minimum Gasteiger partial charge on any atom is -0.332 e. The molecule has 2 heterocycles. The first kappa shape index (κ1) is 15.9. The van der Waals surface area contributed by atoms with Crippen LogP contribution in [-0.4, -0.2) is 34.1 Å². The first-order valence-corrected chi connectivity index (χ1v) is 8.52. The zero-order valence-corrected chi connectivity index (χ0v) is 14.1. The monoisotopic (exact) mass is 311 g/mol. The molecule has 0 saturated carbocycles. The molecule has 4 nitrogen and oxygen atoms in total.